The second kappa shape index (κ2) is 6.72. The number of ether oxygens (including phenoxy) is 1. The highest BCUT2D eigenvalue weighted by Gasteiger charge is 2.09. The summed E-state index contributed by atoms with van der Waals surface area (Å²) in [6, 6.07) is 9.67. The summed E-state index contributed by atoms with van der Waals surface area (Å²) in [6.45, 7) is 4.67. The lowest BCUT2D eigenvalue weighted by Gasteiger charge is -2.11. The SMILES string of the molecule is CC(C)COc1ccc(-c2ccc(Cl)c(F)c2)c(C=O)c1. The maximum atomic E-state index is 13.5. The van der Waals surface area contributed by atoms with Crippen LogP contribution in [-0.2, 0) is 0 Å². The third kappa shape index (κ3) is 3.82. The van der Waals surface area contributed by atoms with Crippen molar-refractivity contribution >= 4 is 17.9 Å². The molecule has 0 aliphatic carbocycles. The van der Waals surface area contributed by atoms with Crippen LogP contribution >= 0.6 is 11.6 Å². The summed E-state index contributed by atoms with van der Waals surface area (Å²) >= 11 is 5.67. The number of aldehydes is 1. The quantitative estimate of drug-likeness (QED) is 0.727. The summed E-state index contributed by atoms with van der Waals surface area (Å²) in [7, 11) is 0. The van der Waals surface area contributed by atoms with Crippen molar-refractivity contribution in [3.63, 3.8) is 0 Å². The van der Waals surface area contributed by atoms with Crippen molar-refractivity contribution in [3.05, 3.63) is 52.8 Å². The number of hydrogen-bond acceptors (Lipinski definition) is 2. The summed E-state index contributed by atoms with van der Waals surface area (Å²) in [4.78, 5) is 11.3. The lowest BCUT2D eigenvalue weighted by molar-refractivity contribution is 0.112. The van der Waals surface area contributed by atoms with Crippen molar-refractivity contribution in [2.45, 2.75) is 13.8 Å². The van der Waals surface area contributed by atoms with Crippen LogP contribution in [-0.4, -0.2) is 12.9 Å². The van der Waals surface area contributed by atoms with Crippen molar-refractivity contribution in [1.82, 2.24) is 0 Å². The van der Waals surface area contributed by atoms with Gasteiger partial charge in [-0.1, -0.05) is 31.5 Å². The standard InChI is InChI=1S/C17H16ClFO2/c1-11(2)10-21-14-4-5-15(13(7-14)9-20)12-3-6-16(18)17(19)8-12/h3-9,11H,10H2,1-2H3. The van der Waals surface area contributed by atoms with Crippen LogP contribution in [0.2, 0.25) is 5.02 Å². The summed E-state index contributed by atoms with van der Waals surface area (Å²) in [5.41, 5.74) is 1.71. The van der Waals surface area contributed by atoms with Gasteiger partial charge >= 0.3 is 0 Å². The van der Waals surface area contributed by atoms with Crippen LogP contribution in [0.5, 0.6) is 5.75 Å². The first kappa shape index (κ1) is 15.5. The molecule has 0 saturated heterocycles. The molecule has 2 aromatic carbocycles. The highest BCUT2D eigenvalue weighted by atomic mass is 35.5. The summed E-state index contributed by atoms with van der Waals surface area (Å²) in [5.74, 6) is 0.518. The Bertz CT molecular complexity index is 653. The summed E-state index contributed by atoms with van der Waals surface area (Å²) < 4.78 is 19.1. The van der Waals surface area contributed by atoms with E-state index in [4.69, 9.17) is 16.3 Å². The Labute approximate surface area is 128 Å². The van der Waals surface area contributed by atoms with Crippen molar-refractivity contribution in [2.75, 3.05) is 6.61 Å². The number of halogens is 2. The van der Waals surface area contributed by atoms with Gasteiger partial charge in [0.1, 0.15) is 11.6 Å². The molecule has 4 heteroatoms. The fourth-order valence-electron chi connectivity index (χ4n) is 1.92. The van der Waals surface area contributed by atoms with Crippen LogP contribution in [0.3, 0.4) is 0 Å². The Balaban J connectivity index is 2.35. The van der Waals surface area contributed by atoms with Crippen molar-refractivity contribution in [2.24, 2.45) is 5.92 Å². The van der Waals surface area contributed by atoms with Crippen molar-refractivity contribution in [1.29, 1.82) is 0 Å². The van der Waals surface area contributed by atoms with Gasteiger partial charge in [-0.05, 0) is 47.4 Å². The van der Waals surface area contributed by atoms with Gasteiger partial charge in [-0.15, -0.1) is 0 Å². The van der Waals surface area contributed by atoms with E-state index in [9.17, 15) is 9.18 Å². The van der Waals surface area contributed by atoms with E-state index in [2.05, 4.69) is 0 Å². The molecule has 0 saturated carbocycles. The Morgan fingerprint density at radius 1 is 1.24 bits per heavy atom. The Morgan fingerprint density at radius 2 is 2.00 bits per heavy atom. The maximum Gasteiger partial charge on any atom is 0.150 e. The molecule has 0 heterocycles. The minimum atomic E-state index is -0.508. The fraction of sp³-hybridized carbons (Fsp3) is 0.235. The predicted octanol–water partition coefficient (Wildman–Crippen LogP) is 4.99. The van der Waals surface area contributed by atoms with E-state index in [1.165, 1.54) is 12.1 Å². The topological polar surface area (TPSA) is 26.3 Å². The van der Waals surface area contributed by atoms with Crippen LogP contribution in [0.25, 0.3) is 11.1 Å². The monoisotopic (exact) mass is 306 g/mol. The average molecular weight is 307 g/mol. The minimum absolute atomic E-state index is 0.0586. The Morgan fingerprint density at radius 3 is 2.62 bits per heavy atom. The highest BCUT2D eigenvalue weighted by molar-refractivity contribution is 6.30. The number of rotatable bonds is 5. The largest absolute Gasteiger partial charge is 0.493 e. The molecule has 0 spiro atoms. The van der Waals surface area contributed by atoms with Gasteiger partial charge < -0.3 is 4.74 Å². The molecule has 2 nitrogen and oxygen atoms in total. The van der Waals surface area contributed by atoms with Gasteiger partial charge in [0.2, 0.25) is 0 Å². The molecule has 0 unspecified atom stereocenters. The molecule has 0 aliphatic rings. The lowest BCUT2D eigenvalue weighted by atomic mass is 10.00. The van der Waals surface area contributed by atoms with Crippen molar-refractivity contribution in [3.8, 4) is 16.9 Å². The van der Waals surface area contributed by atoms with E-state index < -0.39 is 5.82 Å². The molecule has 0 bridgehead atoms. The van der Waals surface area contributed by atoms with Gasteiger partial charge in [-0.2, -0.15) is 0 Å². The zero-order valence-corrected chi connectivity index (χ0v) is 12.7. The number of carbonyl (C=O) groups is 1. The van der Waals surface area contributed by atoms with Gasteiger partial charge in [0.25, 0.3) is 0 Å². The molecule has 110 valence electrons. The van der Waals surface area contributed by atoms with Crippen LogP contribution in [0, 0.1) is 11.7 Å². The molecular weight excluding hydrogens is 291 g/mol. The maximum absolute atomic E-state index is 13.5. The Hall–Kier alpha value is -1.87. The van der Waals surface area contributed by atoms with Crippen molar-refractivity contribution < 1.29 is 13.9 Å². The molecule has 0 amide bonds. The van der Waals surface area contributed by atoms with Gasteiger partial charge in [0.05, 0.1) is 11.6 Å². The molecule has 0 aliphatic heterocycles. The first-order valence-corrected chi connectivity index (χ1v) is 7.06. The first-order chi connectivity index (χ1) is 10.0. The average Bonchev–Trinajstić information content (AvgIpc) is 2.47. The van der Waals surface area contributed by atoms with Gasteiger partial charge in [-0.3, -0.25) is 4.79 Å². The predicted molar refractivity (Wildman–Crippen MR) is 82.6 cm³/mol. The van der Waals surface area contributed by atoms with Gasteiger partial charge in [-0.25, -0.2) is 4.39 Å². The van der Waals surface area contributed by atoms with E-state index in [0.717, 1.165) is 6.29 Å². The molecular formula is C17H16ClFO2. The zero-order valence-electron chi connectivity index (χ0n) is 11.9. The van der Waals surface area contributed by atoms with E-state index in [1.807, 2.05) is 13.8 Å². The van der Waals surface area contributed by atoms with E-state index in [0.29, 0.717) is 35.0 Å². The summed E-state index contributed by atoms with van der Waals surface area (Å²) in [5, 5.41) is 0.0586. The molecule has 0 radical (unpaired) electrons. The third-order valence-corrected chi connectivity index (χ3v) is 3.27. The molecule has 0 fully saturated rings. The van der Waals surface area contributed by atoms with Crippen LogP contribution in [0.4, 0.5) is 4.39 Å². The molecule has 0 N–H and O–H groups in total. The normalized spacial score (nSPS) is 10.7. The minimum Gasteiger partial charge on any atom is -0.493 e. The third-order valence-electron chi connectivity index (χ3n) is 2.96. The van der Waals surface area contributed by atoms with Gasteiger partial charge in [0, 0.05) is 5.56 Å². The smallest absolute Gasteiger partial charge is 0.150 e. The second-order valence-corrected chi connectivity index (χ2v) is 5.61. The van der Waals surface area contributed by atoms with E-state index in [1.54, 1.807) is 24.3 Å². The molecule has 21 heavy (non-hydrogen) atoms. The molecule has 2 rings (SSSR count). The molecule has 0 atom stereocenters. The van der Waals surface area contributed by atoms with Gasteiger partial charge in [0.15, 0.2) is 6.29 Å². The lowest BCUT2D eigenvalue weighted by Crippen LogP contribution is -2.04. The number of carbonyl (C=O) groups excluding carboxylic acids is 1. The van der Waals surface area contributed by atoms with Crippen LogP contribution in [0.1, 0.15) is 24.2 Å². The van der Waals surface area contributed by atoms with Crippen LogP contribution < -0.4 is 4.74 Å². The first-order valence-electron chi connectivity index (χ1n) is 6.68. The van der Waals surface area contributed by atoms with E-state index >= 15 is 0 Å². The van der Waals surface area contributed by atoms with E-state index in [-0.39, 0.29) is 5.02 Å². The number of benzene rings is 2. The Kier molecular flexibility index (Phi) is 4.97. The zero-order chi connectivity index (χ0) is 15.4. The highest BCUT2D eigenvalue weighted by Crippen LogP contribution is 2.29. The molecule has 0 aromatic heterocycles. The number of hydrogen-bond donors (Lipinski definition) is 0. The fourth-order valence-corrected chi connectivity index (χ4v) is 2.04. The second-order valence-electron chi connectivity index (χ2n) is 5.20. The molecule has 2 aromatic rings. The van der Waals surface area contributed by atoms with Crippen LogP contribution in [0.15, 0.2) is 36.4 Å². The summed E-state index contributed by atoms with van der Waals surface area (Å²) in [6.07, 6.45) is 0.740.